The smallest absolute Gasteiger partial charge is 0.266 e. The van der Waals surface area contributed by atoms with Gasteiger partial charge in [0.25, 0.3) is 5.91 Å². The van der Waals surface area contributed by atoms with Crippen LogP contribution in [0.3, 0.4) is 0 Å². The number of rotatable bonds is 5. The monoisotopic (exact) mass is 365 g/mol. The summed E-state index contributed by atoms with van der Waals surface area (Å²) in [6.07, 6.45) is -0.699. The molecule has 3 aromatic rings. The van der Waals surface area contributed by atoms with Crippen LogP contribution in [-0.2, 0) is 4.79 Å². The molecule has 6 nitrogen and oxygen atoms in total. The van der Waals surface area contributed by atoms with Crippen molar-refractivity contribution in [1.82, 2.24) is 10.3 Å². The molecule has 0 aliphatic heterocycles. The molecule has 0 bridgehead atoms. The number of hydrogen-bond acceptors (Lipinski definition) is 5. The predicted octanol–water partition coefficient (Wildman–Crippen LogP) is 4.38. The van der Waals surface area contributed by atoms with Crippen molar-refractivity contribution < 1.29 is 14.2 Å². The lowest BCUT2D eigenvalue weighted by Gasteiger charge is -2.16. The zero-order valence-corrected chi connectivity index (χ0v) is 16.2. The molecule has 1 amide bonds. The van der Waals surface area contributed by atoms with E-state index in [0.717, 1.165) is 22.3 Å². The average Bonchev–Trinajstić information content (AvgIpc) is 3.09. The van der Waals surface area contributed by atoms with Crippen molar-refractivity contribution in [3.63, 3.8) is 0 Å². The van der Waals surface area contributed by atoms with Crippen molar-refractivity contribution in [1.29, 1.82) is 0 Å². The van der Waals surface area contributed by atoms with Gasteiger partial charge in [-0.05, 0) is 79.3 Å². The van der Waals surface area contributed by atoms with E-state index < -0.39 is 6.10 Å². The standard InChI is InChI=1S/C21H23N3O3/c1-12-9-10-17(11-14(12)3)19-20(24-27-23-19)22-21(25)16(5)26-18-8-6-7-13(2)15(18)4/h6-11,16H,1-5H3,(H,22,24,25)/t16-/m0/s1. The fraction of sp³-hybridized carbons (Fsp3) is 0.286. The summed E-state index contributed by atoms with van der Waals surface area (Å²) in [6, 6.07) is 11.7. The number of aromatic nitrogens is 2. The van der Waals surface area contributed by atoms with E-state index in [1.807, 2.05) is 64.1 Å². The van der Waals surface area contributed by atoms with Crippen molar-refractivity contribution in [3.05, 3.63) is 58.7 Å². The molecule has 1 N–H and O–H groups in total. The molecule has 1 atom stereocenters. The molecule has 0 unspecified atom stereocenters. The largest absolute Gasteiger partial charge is 0.481 e. The lowest BCUT2D eigenvalue weighted by atomic mass is 10.0. The van der Waals surface area contributed by atoms with Gasteiger partial charge in [-0.15, -0.1) is 0 Å². The highest BCUT2D eigenvalue weighted by Gasteiger charge is 2.21. The third kappa shape index (κ3) is 4.00. The van der Waals surface area contributed by atoms with Crippen LogP contribution < -0.4 is 10.1 Å². The molecule has 2 aromatic carbocycles. The highest BCUT2D eigenvalue weighted by atomic mass is 16.6. The van der Waals surface area contributed by atoms with Crippen LogP contribution in [0.2, 0.25) is 0 Å². The van der Waals surface area contributed by atoms with Gasteiger partial charge in [0.1, 0.15) is 5.75 Å². The van der Waals surface area contributed by atoms with E-state index in [9.17, 15) is 4.79 Å². The lowest BCUT2D eigenvalue weighted by molar-refractivity contribution is -0.122. The summed E-state index contributed by atoms with van der Waals surface area (Å²) < 4.78 is 10.7. The van der Waals surface area contributed by atoms with E-state index in [0.29, 0.717) is 11.4 Å². The maximum Gasteiger partial charge on any atom is 0.266 e. The molecule has 0 radical (unpaired) electrons. The van der Waals surface area contributed by atoms with Gasteiger partial charge in [-0.3, -0.25) is 4.79 Å². The molecule has 1 heterocycles. The van der Waals surface area contributed by atoms with E-state index in [2.05, 4.69) is 15.6 Å². The Morgan fingerprint density at radius 1 is 1.04 bits per heavy atom. The third-order valence-electron chi connectivity index (χ3n) is 4.74. The second-order valence-corrected chi connectivity index (χ2v) is 6.71. The van der Waals surface area contributed by atoms with Gasteiger partial charge in [0.2, 0.25) is 5.82 Å². The van der Waals surface area contributed by atoms with Crippen molar-refractivity contribution >= 4 is 11.7 Å². The summed E-state index contributed by atoms with van der Waals surface area (Å²) in [5, 5.41) is 10.5. The minimum absolute atomic E-state index is 0.277. The summed E-state index contributed by atoms with van der Waals surface area (Å²) in [6.45, 7) is 9.72. The molecule has 27 heavy (non-hydrogen) atoms. The highest BCUT2D eigenvalue weighted by molar-refractivity contribution is 5.96. The van der Waals surface area contributed by atoms with E-state index in [1.165, 1.54) is 5.56 Å². The van der Waals surface area contributed by atoms with Crippen LogP contribution in [0.15, 0.2) is 41.0 Å². The molecule has 0 aliphatic carbocycles. The van der Waals surface area contributed by atoms with Gasteiger partial charge in [0.05, 0.1) is 0 Å². The quantitative estimate of drug-likeness (QED) is 0.726. The van der Waals surface area contributed by atoms with Crippen molar-refractivity contribution in [2.75, 3.05) is 5.32 Å². The van der Waals surface area contributed by atoms with Gasteiger partial charge >= 0.3 is 0 Å². The number of hydrogen-bond donors (Lipinski definition) is 1. The zero-order chi connectivity index (χ0) is 19.6. The van der Waals surface area contributed by atoms with Crippen molar-refractivity contribution in [2.45, 2.75) is 40.7 Å². The second-order valence-electron chi connectivity index (χ2n) is 6.71. The molecular weight excluding hydrogens is 342 g/mol. The SMILES string of the molecule is Cc1ccc(-c2nonc2NC(=O)[C@H](C)Oc2cccc(C)c2C)cc1C. The first-order chi connectivity index (χ1) is 12.9. The molecule has 6 heteroatoms. The highest BCUT2D eigenvalue weighted by Crippen LogP contribution is 2.27. The number of nitrogens with zero attached hydrogens (tertiary/aromatic N) is 2. The maximum atomic E-state index is 12.6. The van der Waals surface area contributed by atoms with Crippen LogP contribution in [0.25, 0.3) is 11.3 Å². The Balaban J connectivity index is 1.76. The fourth-order valence-electron chi connectivity index (χ4n) is 2.66. The van der Waals surface area contributed by atoms with Crippen LogP contribution in [0.4, 0.5) is 5.82 Å². The Hall–Kier alpha value is -3.15. The zero-order valence-electron chi connectivity index (χ0n) is 16.2. The molecule has 140 valence electrons. The van der Waals surface area contributed by atoms with Gasteiger partial charge in [-0.2, -0.15) is 0 Å². The summed E-state index contributed by atoms with van der Waals surface area (Å²) in [5.41, 5.74) is 5.74. The Morgan fingerprint density at radius 3 is 2.56 bits per heavy atom. The Bertz CT molecular complexity index is 979. The molecular formula is C21H23N3O3. The Kier molecular flexibility index (Phi) is 5.26. The van der Waals surface area contributed by atoms with Crippen molar-refractivity contribution in [2.24, 2.45) is 0 Å². The molecule has 0 saturated heterocycles. The van der Waals surface area contributed by atoms with Gasteiger partial charge in [0, 0.05) is 5.56 Å². The van der Waals surface area contributed by atoms with Crippen LogP contribution in [0.5, 0.6) is 5.75 Å². The lowest BCUT2D eigenvalue weighted by Crippen LogP contribution is -2.30. The topological polar surface area (TPSA) is 77.3 Å². The number of aryl methyl sites for hydroxylation is 3. The first-order valence-corrected chi connectivity index (χ1v) is 8.80. The average molecular weight is 365 g/mol. The van der Waals surface area contributed by atoms with Crippen LogP contribution in [0.1, 0.15) is 29.2 Å². The van der Waals surface area contributed by atoms with Gasteiger partial charge < -0.3 is 10.1 Å². The minimum atomic E-state index is -0.699. The van der Waals surface area contributed by atoms with E-state index in [1.54, 1.807) is 6.92 Å². The molecule has 0 saturated carbocycles. The minimum Gasteiger partial charge on any atom is -0.481 e. The fourth-order valence-corrected chi connectivity index (χ4v) is 2.66. The molecule has 3 rings (SSSR count). The summed E-state index contributed by atoms with van der Waals surface area (Å²) in [7, 11) is 0. The van der Waals surface area contributed by atoms with Crippen LogP contribution in [0, 0.1) is 27.7 Å². The first kappa shape index (κ1) is 18.6. The van der Waals surface area contributed by atoms with Crippen LogP contribution in [-0.4, -0.2) is 22.3 Å². The number of carbonyl (C=O) groups excluding carboxylic acids is 1. The first-order valence-electron chi connectivity index (χ1n) is 8.80. The number of nitrogens with one attached hydrogen (secondary N) is 1. The summed E-state index contributed by atoms with van der Waals surface area (Å²) in [5.74, 6) is 0.640. The van der Waals surface area contributed by atoms with Crippen LogP contribution >= 0.6 is 0 Å². The molecule has 0 fully saturated rings. The predicted molar refractivity (Wildman–Crippen MR) is 104 cm³/mol. The number of benzene rings is 2. The Morgan fingerprint density at radius 2 is 1.81 bits per heavy atom. The van der Waals surface area contributed by atoms with Gasteiger partial charge in [-0.1, -0.05) is 24.3 Å². The van der Waals surface area contributed by atoms with E-state index in [4.69, 9.17) is 9.37 Å². The molecule has 0 spiro atoms. The molecule has 0 aliphatic rings. The normalized spacial score (nSPS) is 11.9. The number of anilines is 1. The van der Waals surface area contributed by atoms with Gasteiger partial charge in [-0.25, -0.2) is 4.63 Å². The molecule has 1 aromatic heterocycles. The number of amides is 1. The van der Waals surface area contributed by atoms with Gasteiger partial charge in [0.15, 0.2) is 11.8 Å². The third-order valence-corrected chi connectivity index (χ3v) is 4.74. The Labute approximate surface area is 158 Å². The number of ether oxygens (including phenoxy) is 1. The van der Waals surface area contributed by atoms with Crippen molar-refractivity contribution in [3.8, 4) is 17.0 Å². The summed E-state index contributed by atoms with van der Waals surface area (Å²) >= 11 is 0. The number of carbonyl (C=O) groups is 1. The maximum absolute atomic E-state index is 12.6. The van der Waals surface area contributed by atoms with E-state index in [-0.39, 0.29) is 11.7 Å². The van der Waals surface area contributed by atoms with E-state index >= 15 is 0 Å². The summed E-state index contributed by atoms with van der Waals surface area (Å²) in [4.78, 5) is 12.6. The second kappa shape index (κ2) is 7.61.